The molecule has 0 aliphatic heterocycles. The van der Waals surface area contributed by atoms with E-state index in [-0.39, 0.29) is 0 Å². The smallest absolute Gasteiger partial charge is 0.0928 e. The van der Waals surface area contributed by atoms with Crippen molar-refractivity contribution in [1.82, 2.24) is 9.88 Å². The molecule has 2 aromatic heterocycles. The number of unbranched alkanes of at least 4 members (excludes halogenated alkanes) is 1. The van der Waals surface area contributed by atoms with Crippen molar-refractivity contribution in [2.75, 3.05) is 6.54 Å². The van der Waals surface area contributed by atoms with Crippen LogP contribution in [0.25, 0.3) is 0 Å². The van der Waals surface area contributed by atoms with Crippen molar-refractivity contribution < 1.29 is 0 Å². The molecule has 1 saturated carbocycles. The van der Waals surface area contributed by atoms with Gasteiger partial charge in [-0.25, -0.2) is 4.98 Å². The summed E-state index contributed by atoms with van der Waals surface area (Å²) in [5.74, 6) is 0.534. The fourth-order valence-corrected chi connectivity index (χ4v) is 4.29. The topological polar surface area (TPSA) is 16.1 Å². The van der Waals surface area contributed by atoms with Crippen LogP contribution in [0.1, 0.15) is 41.9 Å². The van der Waals surface area contributed by atoms with E-state index in [9.17, 15) is 0 Å². The second-order valence-electron chi connectivity index (χ2n) is 5.66. The summed E-state index contributed by atoms with van der Waals surface area (Å²) in [6, 6.07) is 3.09. The summed E-state index contributed by atoms with van der Waals surface area (Å²) in [5, 5.41) is 7.77. The molecule has 2 heterocycles. The highest BCUT2D eigenvalue weighted by molar-refractivity contribution is 7.09. The third kappa shape index (κ3) is 4.78. The van der Waals surface area contributed by atoms with E-state index in [4.69, 9.17) is 11.6 Å². The molecule has 1 aliphatic carbocycles. The van der Waals surface area contributed by atoms with Crippen LogP contribution in [0.2, 0.25) is 0 Å². The van der Waals surface area contributed by atoms with Crippen molar-refractivity contribution in [3.05, 3.63) is 38.5 Å². The second kappa shape index (κ2) is 7.73. The minimum atomic E-state index is 0.534. The van der Waals surface area contributed by atoms with Crippen molar-refractivity contribution in [2.45, 2.75) is 50.6 Å². The van der Waals surface area contributed by atoms with Gasteiger partial charge in [0, 0.05) is 18.0 Å². The first-order valence-corrected chi connectivity index (χ1v) is 9.95. The van der Waals surface area contributed by atoms with Gasteiger partial charge >= 0.3 is 0 Å². The first-order chi connectivity index (χ1) is 10.3. The average molecular weight is 341 g/mol. The molecule has 0 N–H and O–H groups in total. The Morgan fingerprint density at radius 2 is 2.19 bits per heavy atom. The van der Waals surface area contributed by atoms with Gasteiger partial charge in [0.1, 0.15) is 0 Å². The summed E-state index contributed by atoms with van der Waals surface area (Å²) in [7, 11) is 0. The van der Waals surface area contributed by atoms with Crippen molar-refractivity contribution >= 4 is 34.3 Å². The number of aromatic nitrogens is 1. The molecule has 21 heavy (non-hydrogen) atoms. The zero-order chi connectivity index (χ0) is 14.5. The standard InChI is InChI=1S/C16H21ClN2S2/c17-9-14-12-21-16(18-14)3-1-2-7-19(15-4-5-15)10-13-6-8-20-11-13/h6,8,11-12,15H,1-5,7,9-10H2. The summed E-state index contributed by atoms with van der Waals surface area (Å²) in [5.41, 5.74) is 2.49. The Hall–Kier alpha value is -0.420. The summed E-state index contributed by atoms with van der Waals surface area (Å²) < 4.78 is 0. The number of thiophene rings is 1. The minimum Gasteiger partial charge on any atom is -0.296 e. The van der Waals surface area contributed by atoms with Gasteiger partial charge in [-0.05, 0) is 61.0 Å². The van der Waals surface area contributed by atoms with Crippen molar-refractivity contribution in [1.29, 1.82) is 0 Å². The SMILES string of the molecule is ClCc1csc(CCCCN(Cc2ccsc2)C2CC2)n1. The Labute approximate surface area is 139 Å². The minimum absolute atomic E-state index is 0.534. The first kappa shape index (κ1) is 15.5. The van der Waals surface area contributed by atoms with Crippen LogP contribution in [0.4, 0.5) is 0 Å². The molecule has 1 aliphatic rings. The maximum absolute atomic E-state index is 5.79. The molecule has 0 atom stereocenters. The monoisotopic (exact) mass is 340 g/mol. The number of alkyl halides is 1. The van der Waals surface area contributed by atoms with Crippen LogP contribution in [-0.4, -0.2) is 22.5 Å². The Morgan fingerprint density at radius 1 is 1.29 bits per heavy atom. The number of nitrogens with zero attached hydrogens (tertiary/aromatic N) is 2. The zero-order valence-corrected chi connectivity index (χ0v) is 14.5. The maximum Gasteiger partial charge on any atom is 0.0928 e. The van der Waals surface area contributed by atoms with E-state index in [1.807, 2.05) is 0 Å². The number of thiazole rings is 1. The number of aryl methyl sites for hydroxylation is 1. The van der Waals surface area contributed by atoms with Crippen LogP contribution in [0.5, 0.6) is 0 Å². The van der Waals surface area contributed by atoms with Crippen LogP contribution < -0.4 is 0 Å². The van der Waals surface area contributed by atoms with E-state index in [1.165, 1.54) is 42.8 Å². The van der Waals surface area contributed by atoms with Crippen LogP contribution in [-0.2, 0) is 18.8 Å². The van der Waals surface area contributed by atoms with Gasteiger partial charge in [-0.1, -0.05) is 0 Å². The summed E-state index contributed by atoms with van der Waals surface area (Å²) in [6.07, 6.45) is 6.35. The summed E-state index contributed by atoms with van der Waals surface area (Å²) in [4.78, 5) is 7.19. The molecular formula is C16H21ClN2S2. The lowest BCUT2D eigenvalue weighted by atomic mass is 10.2. The number of rotatable bonds is 9. The van der Waals surface area contributed by atoms with Crippen LogP contribution in [0, 0.1) is 0 Å². The highest BCUT2D eigenvalue weighted by Crippen LogP contribution is 2.29. The van der Waals surface area contributed by atoms with Gasteiger partial charge in [-0.3, -0.25) is 4.90 Å². The van der Waals surface area contributed by atoms with E-state index < -0.39 is 0 Å². The van der Waals surface area contributed by atoms with Crippen molar-refractivity contribution in [2.24, 2.45) is 0 Å². The third-order valence-corrected chi connectivity index (χ3v) is 5.81. The number of hydrogen-bond donors (Lipinski definition) is 0. The Balaban J connectivity index is 1.40. The van der Waals surface area contributed by atoms with Gasteiger partial charge in [0.05, 0.1) is 16.6 Å². The molecule has 3 rings (SSSR count). The van der Waals surface area contributed by atoms with Gasteiger partial charge < -0.3 is 0 Å². The molecule has 0 aromatic carbocycles. The predicted molar refractivity (Wildman–Crippen MR) is 92.4 cm³/mol. The highest BCUT2D eigenvalue weighted by Gasteiger charge is 2.28. The fraction of sp³-hybridized carbons (Fsp3) is 0.562. The van der Waals surface area contributed by atoms with E-state index >= 15 is 0 Å². The number of hydrogen-bond acceptors (Lipinski definition) is 4. The summed E-state index contributed by atoms with van der Waals surface area (Å²) in [6.45, 7) is 2.34. The van der Waals surface area contributed by atoms with Gasteiger partial charge in [0.2, 0.25) is 0 Å². The molecule has 5 heteroatoms. The van der Waals surface area contributed by atoms with Crippen LogP contribution >= 0.6 is 34.3 Å². The Bertz CT molecular complexity index is 534. The molecule has 1 fully saturated rings. The Kier molecular flexibility index (Phi) is 5.69. The van der Waals surface area contributed by atoms with Gasteiger partial charge in [0.15, 0.2) is 0 Å². The molecule has 0 unspecified atom stereocenters. The lowest BCUT2D eigenvalue weighted by Gasteiger charge is -2.21. The van der Waals surface area contributed by atoms with Gasteiger partial charge in [-0.15, -0.1) is 22.9 Å². The molecule has 0 bridgehead atoms. The zero-order valence-electron chi connectivity index (χ0n) is 12.1. The Morgan fingerprint density at radius 3 is 2.86 bits per heavy atom. The van der Waals surface area contributed by atoms with E-state index in [0.29, 0.717) is 5.88 Å². The van der Waals surface area contributed by atoms with Crippen LogP contribution in [0.3, 0.4) is 0 Å². The van der Waals surface area contributed by atoms with Crippen molar-refractivity contribution in [3.8, 4) is 0 Å². The summed E-state index contributed by atoms with van der Waals surface area (Å²) >= 11 is 9.34. The van der Waals surface area contributed by atoms with E-state index in [0.717, 1.165) is 24.7 Å². The molecule has 114 valence electrons. The maximum atomic E-state index is 5.79. The quantitative estimate of drug-likeness (QED) is 0.475. The van der Waals surface area contributed by atoms with Crippen molar-refractivity contribution in [3.63, 3.8) is 0 Å². The lowest BCUT2D eigenvalue weighted by Crippen LogP contribution is -2.26. The molecule has 0 radical (unpaired) electrons. The van der Waals surface area contributed by atoms with Crippen LogP contribution in [0.15, 0.2) is 22.2 Å². The normalized spacial score (nSPS) is 15.0. The first-order valence-electron chi connectivity index (χ1n) is 7.59. The third-order valence-electron chi connectivity index (χ3n) is 3.85. The molecule has 2 nitrogen and oxygen atoms in total. The molecule has 0 spiro atoms. The highest BCUT2D eigenvalue weighted by atomic mass is 35.5. The number of halogens is 1. The molecule has 0 saturated heterocycles. The lowest BCUT2D eigenvalue weighted by molar-refractivity contribution is 0.249. The fourth-order valence-electron chi connectivity index (χ4n) is 2.56. The molecule has 0 amide bonds. The van der Waals surface area contributed by atoms with E-state index in [2.05, 4.69) is 32.1 Å². The molecule has 2 aromatic rings. The second-order valence-corrected chi connectivity index (χ2v) is 7.65. The van der Waals surface area contributed by atoms with E-state index in [1.54, 1.807) is 22.7 Å². The molecular weight excluding hydrogens is 320 g/mol. The largest absolute Gasteiger partial charge is 0.296 e. The average Bonchev–Trinajstić information content (AvgIpc) is 3.03. The van der Waals surface area contributed by atoms with Gasteiger partial charge in [0.25, 0.3) is 0 Å². The predicted octanol–water partition coefficient (Wildman–Crippen LogP) is 4.93. The van der Waals surface area contributed by atoms with Gasteiger partial charge in [-0.2, -0.15) is 11.3 Å².